The average molecular weight is 591 g/mol. The van der Waals surface area contributed by atoms with Crippen molar-refractivity contribution >= 4 is 34.6 Å². The first-order valence-electron chi connectivity index (χ1n) is 14.7. The molecule has 0 saturated heterocycles. The first kappa shape index (κ1) is 33.0. The Morgan fingerprint density at radius 1 is 1.00 bits per heavy atom. The number of aliphatic imine (C=N–C) groups is 1. The number of aryl methyl sites for hydroxylation is 3. The summed E-state index contributed by atoms with van der Waals surface area (Å²) in [5.74, 6) is 0.0425. The fourth-order valence-electron chi connectivity index (χ4n) is 4.67. The summed E-state index contributed by atoms with van der Waals surface area (Å²) in [6, 6.07) is 7.43. The molecule has 2 aromatic heterocycles. The van der Waals surface area contributed by atoms with Crippen LogP contribution in [0.5, 0.6) is 0 Å². The van der Waals surface area contributed by atoms with Gasteiger partial charge in [-0.3, -0.25) is 24.2 Å². The average Bonchev–Trinajstić information content (AvgIpc) is 2.96. The number of aromatic nitrogens is 4. The molecule has 0 bridgehead atoms. The lowest BCUT2D eigenvalue weighted by Gasteiger charge is -2.17. The van der Waals surface area contributed by atoms with Crippen molar-refractivity contribution in [2.75, 3.05) is 6.54 Å². The van der Waals surface area contributed by atoms with E-state index >= 15 is 0 Å². The van der Waals surface area contributed by atoms with E-state index in [1.54, 1.807) is 20.0 Å². The molecule has 1 amide bonds. The number of carbonyl (C=O) groups is 3. The van der Waals surface area contributed by atoms with Crippen molar-refractivity contribution in [3.05, 3.63) is 63.5 Å². The zero-order valence-electron chi connectivity index (χ0n) is 25.2. The van der Waals surface area contributed by atoms with E-state index in [1.807, 2.05) is 31.2 Å². The molecule has 0 unspecified atom stereocenters. The molecule has 3 rings (SSSR count). The van der Waals surface area contributed by atoms with Crippen LogP contribution in [0.25, 0.3) is 11.2 Å². The quantitative estimate of drug-likeness (QED) is 0.0789. The van der Waals surface area contributed by atoms with Crippen molar-refractivity contribution in [1.82, 2.24) is 25.3 Å². The lowest BCUT2D eigenvalue weighted by molar-refractivity contribution is -0.129. The Morgan fingerprint density at radius 3 is 2.44 bits per heavy atom. The number of nitrogens with two attached hydrogens (primary N) is 2. The number of Topliss-reactive ketones (excluding diaryl/α,β-unsaturated/α-hetero) is 2. The molecule has 12 heteroatoms. The summed E-state index contributed by atoms with van der Waals surface area (Å²) in [5, 5.41) is 2.94. The van der Waals surface area contributed by atoms with E-state index in [1.165, 1.54) is 0 Å². The lowest BCUT2D eigenvalue weighted by Crippen LogP contribution is -2.37. The van der Waals surface area contributed by atoms with Crippen molar-refractivity contribution in [3.63, 3.8) is 0 Å². The molecule has 2 atom stereocenters. The van der Waals surface area contributed by atoms with Gasteiger partial charge in [-0.05, 0) is 57.9 Å². The Labute approximate surface area is 251 Å². The van der Waals surface area contributed by atoms with Crippen LogP contribution in [0, 0.1) is 12.8 Å². The minimum Gasteiger partial charge on any atom is -0.370 e. The number of guanidine groups is 1. The molecule has 12 nitrogen and oxygen atoms in total. The third-order valence-electron chi connectivity index (χ3n) is 7.10. The number of nitrogens with zero attached hydrogens (tertiary/aromatic N) is 4. The molecule has 0 aliphatic heterocycles. The summed E-state index contributed by atoms with van der Waals surface area (Å²) in [6.45, 7) is 5.87. The highest BCUT2D eigenvalue weighted by Gasteiger charge is 2.18. The number of aromatic amines is 1. The van der Waals surface area contributed by atoms with Crippen molar-refractivity contribution in [3.8, 4) is 0 Å². The minimum atomic E-state index is -0.412. The van der Waals surface area contributed by atoms with Crippen molar-refractivity contribution in [2.24, 2.45) is 22.4 Å². The molecule has 0 radical (unpaired) electrons. The number of hydrogen-bond donors (Lipinski definition) is 4. The van der Waals surface area contributed by atoms with Crippen molar-refractivity contribution < 1.29 is 14.4 Å². The van der Waals surface area contributed by atoms with Crippen molar-refractivity contribution in [2.45, 2.75) is 84.6 Å². The first-order chi connectivity index (χ1) is 20.5. The van der Waals surface area contributed by atoms with Crippen LogP contribution in [0.3, 0.4) is 0 Å². The summed E-state index contributed by atoms with van der Waals surface area (Å²) in [6.07, 6.45) is 6.48. The second-order valence-electron chi connectivity index (χ2n) is 11.0. The molecule has 2 heterocycles. The summed E-state index contributed by atoms with van der Waals surface area (Å²) >= 11 is 0. The van der Waals surface area contributed by atoms with Crippen LogP contribution in [0.4, 0.5) is 0 Å². The van der Waals surface area contributed by atoms with Gasteiger partial charge in [0.05, 0.1) is 11.9 Å². The summed E-state index contributed by atoms with van der Waals surface area (Å²) < 4.78 is 0. The van der Waals surface area contributed by atoms with Crippen molar-refractivity contribution in [1.29, 1.82) is 0 Å². The number of carbonyl (C=O) groups excluding carboxylic acids is 3. The molecule has 3 aromatic rings. The Kier molecular flexibility index (Phi) is 12.5. The number of nitrogens with one attached hydrogen (secondary N) is 2. The van der Waals surface area contributed by atoms with Gasteiger partial charge in [0.15, 0.2) is 22.9 Å². The van der Waals surface area contributed by atoms with Gasteiger partial charge in [0.2, 0.25) is 5.91 Å². The van der Waals surface area contributed by atoms with E-state index < -0.39 is 5.92 Å². The van der Waals surface area contributed by atoms with Crippen LogP contribution in [0.1, 0.15) is 86.2 Å². The van der Waals surface area contributed by atoms with Gasteiger partial charge >= 0.3 is 0 Å². The minimum absolute atomic E-state index is 0.0203. The summed E-state index contributed by atoms with van der Waals surface area (Å²) in [4.78, 5) is 69.0. The monoisotopic (exact) mass is 590 g/mol. The molecular weight excluding hydrogens is 548 g/mol. The number of fused-ring (bicyclic) bond motifs is 1. The highest BCUT2D eigenvalue weighted by molar-refractivity contribution is 5.96. The fraction of sp³-hybridized carbons (Fsp3) is 0.484. The highest BCUT2D eigenvalue weighted by atomic mass is 16.2. The third-order valence-corrected chi connectivity index (χ3v) is 7.10. The zero-order chi connectivity index (χ0) is 31.4. The Bertz CT molecular complexity index is 1500. The van der Waals surface area contributed by atoms with E-state index in [4.69, 9.17) is 11.5 Å². The van der Waals surface area contributed by atoms with E-state index in [0.29, 0.717) is 67.8 Å². The number of benzene rings is 1. The topological polar surface area (TPSA) is 199 Å². The van der Waals surface area contributed by atoms with Crippen LogP contribution in [-0.4, -0.2) is 56.0 Å². The second-order valence-corrected chi connectivity index (χ2v) is 11.0. The van der Waals surface area contributed by atoms with Gasteiger partial charge in [0, 0.05) is 43.3 Å². The Balaban J connectivity index is 1.34. The van der Waals surface area contributed by atoms with Gasteiger partial charge in [-0.15, -0.1) is 0 Å². The molecule has 0 aliphatic rings. The molecule has 6 N–H and O–H groups in total. The number of amides is 1. The lowest BCUT2D eigenvalue weighted by atomic mass is 9.98. The number of ketones is 2. The smallest absolute Gasteiger partial charge is 0.279 e. The molecular formula is C31H42N8O4. The predicted molar refractivity (Wildman–Crippen MR) is 166 cm³/mol. The van der Waals surface area contributed by atoms with Crippen LogP contribution in [-0.2, 0) is 22.4 Å². The standard InChI is InChI=1S/C31H42N8O4/c1-19(29(42)36-20(2)7-6-16-34-31(32)33)17-25(40)8-4-5-9-26(41)23-13-10-22(11-14-23)12-15-24-18-35-28-27(39-24)30(43)38-21(3)37-28/h10-11,13-14,18-20H,4-9,12,15-17H2,1-3H3,(H,36,42)(H4,32,33,34)(H,35,37,38,43)/t19-,20-/m1/s1. The van der Waals surface area contributed by atoms with Crippen LogP contribution < -0.4 is 22.3 Å². The van der Waals surface area contributed by atoms with E-state index in [9.17, 15) is 19.2 Å². The summed E-state index contributed by atoms with van der Waals surface area (Å²) in [5.41, 5.74) is 13.2. The predicted octanol–water partition coefficient (Wildman–Crippen LogP) is 2.70. The Hall–Kier alpha value is -4.48. The maximum absolute atomic E-state index is 12.6. The number of rotatable bonds is 17. The second kappa shape index (κ2) is 16.2. The molecule has 1 aromatic carbocycles. The van der Waals surface area contributed by atoms with Crippen LogP contribution in [0.2, 0.25) is 0 Å². The number of H-pyrrole nitrogens is 1. The number of hydrogen-bond acceptors (Lipinski definition) is 8. The van der Waals surface area contributed by atoms with E-state index in [2.05, 4.69) is 30.2 Å². The van der Waals surface area contributed by atoms with Gasteiger partial charge in [-0.1, -0.05) is 31.2 Å². The molecule has 0 aliphatic carbocycles. The third kappa shape index (κ3) is 11.0. The van der Waals surface area contributed by atoms with Crippen LogP contribution in [0.15, 0.2) is 40.2 Å². The van der Waals surface area contributed by atoms with Gasteiger partial charge < -0.3 is 21.8 Å². The molecule has 0 fully saturated rings. The Morgan fingerprint density at radius 2 is 1.72 bits per heavy atom. The SMILES string of the molecule is Cc1nc2ncc(CCc3ccc(C(=O)CCCCC(=O)C[C@@H](C)C(=O)N[C@H](C)CCCN=C(N)N)cc3)nc2c(=O)[nH]1. The van der Waals surface area contributed by atoms with E-state index in [-0.39, 0.29) is 47.0 Å². The van der Waals surface area contributed by atoms with E-state index in [0.717, 1.165) is 18.4 Å². The zero-order valence-corrected chi connectivity index (χ0v) is 25.2. The molecule has 0 spiro atoms. The normalized spacial score (nSPS) is 12.4. The first-order valence-corrected chi connectivity index (χ1v) is 14.7. The van der Waals surface area contributed by atoms with Gasteiger partial charge in [0.1, 0.15) is 11.6 Å². The highest BCUT2D eigenvalue weighted by Crippen LogP contribution is 2.14. The number of unbranched alkanes of at least 4 members (excludes halogenated alkanes) is 1. The summed E-state index contributed by atoms with van der Waals surface area (Å²) in [7, 11) is 0. The maximum Gasteiger partial charge on any atom is 0.279 e. The van der Waals surface area contributed by atoms with Gasteiger partial charge in [-0.25, -0.2) is 15.0 Å². The fourth-order valence-corrected chi connectivity index (χ4v) is 4.67. The van der Waals surface area contributed by atoms with Crippen LogP contribution >= 0.6 is 0 Å². The van der Waals surface area contributed by atoms with Gasteiger partial charge in [0.25, 0.3) is 5.56 Å². The largest absolute Gasteiger partial charge is 0.370 e. The molecule has 0 saturated carbocycles. The van der Waals surface area contributed by atoms with Gasteiger partial charge in [-0.2, -0.15) is 0 Å². The maximum atomic E-state index is 12.6. The molecule has 230 valence electrons. The molecule has 43 heavy (non-hydrogen) atoms.